The quantitative estimate of drug-likeness (QED) is 0.348. The van der Waals surface area contributed by atoms with Crippen molar-refractivity contribution in [3.63, 3.8) is 0 Å². The van der Waals surface area contributed by atoms with Gasteiger partial charge in [0.25, 0.3) is 11.7 Å². The van der Waals surface area contributed by atoms with Crippen molar-refractivity contribution in [2.75, 3.05) is 37.7 Å². The molecule has 3 aromatic heterocycles. The first-order chi connectivity index (χ1) is 22.4. The average Bonchev–Trinajstić information content (AvgIpc) is 3.59. The van der Waals surface area contributed by atoms with Crippen molar-refractivity contribution < 1.29 is 36.3 Å². The van der Waals surface area contributed by atoms with Crippen LogP contribution in [0.25, 0.3) is 5.78 Å². The topological polar surface area (TPSA) is 132 Å². The zero-order valence-corrected chi connectivity index (χ0v) is 26.0. The molecule has 3 atom stereocenters. The van der Waals surface area contributed by atoms with Gasteiger partial charge in [-0.2, -0.15) is 28.4 Å². The Kier molecular flexibility index (Phi) is 9.36. The van der Waals surface area contributed by atoms with Gasteiger partial charge in [0.15, 0.2) is 5.82 Å². The van der Waals surface area contributed by atoms with Gasteiger partial charge in [0, 0.05) is 64.2 Å². The Morgan fingerprint density at radius 3 is 2.72 bits per heavy atom. The lowest BCUT2D eigenvalue weighted by molar-refractivity contribution is -0.183. The van der Waals surface area contributed by atoms with Crippen molar-refractivity contribution in [1.82, 2.24) is 40.0 Å². The van der Waals surface area contributed by atoms with Crippen molar-refractivity contribution in [3.05, 3.63) is 35.5 Å². The minimum Gasteiger partial charge on any atom is -0.380 e. The third kappa shape index (κ3) is 7.33. The van der Waals surface area contributed by atoms with Gasteiger partial charge in [0.1, 0.15) is 11.4 Å². The number of hydrogen-bond acceptors (Lipinski definition) is 8. The van der Waals surface area contributed by atoms with Gasteiger partial charge in [-0.05, 0) is 44.6 Å². The Hall–Kier alpha value is -3.89. The van der Waals surface area contributed by atoms with Crippen LogP contribution in [0.5, 0.6) is 0 Å². The minimum atomic E-state index is -4.46. The van der Waals surface area contributed by atoms with E-state index in [0.717, 1.165) is 0 Å². The minimum absolute atomic E-state index is 0.0829. The van der Waals surface area contributed by atoms with Crippen LogP contribution in [0.2, 0.25) is 0 Å². The Balaban J connectivity index is 1.36. The van der Waals surface area contributed by atoms with Gasteiger partial charge in [0.05, 0.1) is 30.5 Å². The molecule has 12 nitrogen and oxygen atoms in total. The lowest BCUT2D eigenvalue weighted by atomic mass is 9.81. The van der Waals surface area contributed by atoms with Crippen molar-refractivity contribution in [1.29, 1.82) is 0 Å². The van der Waals surface area contributed by atoms with Crippen LogP contribution in [0.3, 0.4) is 0 Å². The molecule has 3 aliphatic rings. The summed E-state index contributed by atoms with van der Waals surface area (Å²) in [6, 6.07) is 0.823. The molecule has 2 saturated heterocycles. The number of alkyl halides is 5. The SMILES string of the molecule is CCn1nccc1C(=O)N[C@H](c1cn2nc(C[C@H]3C[C@@H](C(F)(F)F)CNC3=O)c(N3CCCOCC3)nc2n1)C1CCC(F)(F)CC1. The summed E-state index contributed by atoms with van der Waals surface area (Å²) < 4.78 is 77.7. The number of nitrogens with one attached hydrogen (secondary N) is 2. The molecule has 3 fully saturated rings. The molecule has 0 bridgehead atoms. The number of anilines is 1. The Bertz CT molecular complexity index is 1570. The lowest BCUT2D eigenvalue weighted by Crippen LogP contribution is -2.47. The van der Waals surface area contributed by atoms with E-state index in [1.54, 1.807) is 12.3 Å². The van der Waals surface area contributed by atoms with Gasteiger partial charge < -0.3 is 20.3 Å². The van der Waals surface area contributed by atoms with Crippen LogP contribution in [0.1, 0.15) is 73.4 Å². The van der Waals surface area contributed by atoms with Crippen LogP contribution in [-0.2, 0) is 22.5 Å². The van der Waals surface area contributed by atoms with Gasteiger partial charge in [-0.25, -0.2) is 18.3 Å². The zero-order valence-electron chi connectivity index (χ0n) is 26.0. The molecule has 1 saturated carbocycles. The van der Waals surface area contributed by atoms with Gasteiger partial charge in [0.2, 0.25) is 11.8 Å². The second-order valence-corrected chi connectivity index (χ2v) is 12.5. The summed E-state index contributed by atoms with van der Waals surface area (Å²) in [5.41, 5.74) is 1.01. The Morgan fingerprint density at radius 1 is 1.19 bits per heavy atom. The highest BCUT2D eigenvalue weighted by Gasteiger charge is 2.45. The van der Waals surface area contributed by atoms with Crippen molar-refractivity contribution >= 4 is 23.4 Å². The van der Waals surface area contributed by atoms with E-state index in [0.29, 0.717) is 62.2 Å². The third-order valence-electron chi connectivity index (χ3n) is 9.36. The first-order valence-electron chi connectivity index (χ1n) is 16.1. The van der Waals surface area contributed by atoms with E-state index in [-0.39, 0.29) is 50.2 Å². The molecular weight excluding hydrogens is 629 g/mol. The fourth-order valence-electron chi connectivity index (χ4n) is 6.74. The summed E-state index contributed by atoms with van der Waals surface area (Å²) in [7, 11) is 0. The van der Waals surface area contributed by atoms with Crippen LogP contribution >= 0.6 is 0 Å². The molecule has 47 heavy (non-hydrogen) atoms. The highest BCUT2D eigenvalue weighted by atomic mass is 19.4. The van der Waals surface area contributed by atoms with Crippen molar-refractivity contribution in [2.45, 2.75) is 76.6 Å². The molecule has 0 spiro atoms. The van der Waals surface area contributed by atoms with Crippen molar-refractivity contribution in [3.8, 4) is 0 Å². The monoisotopic (exact) mass is 667 g/mol. The van der Waals surface area contributed by atoms with Crippen LogP contribution in [0.15, 0.2) is 18.5 Å². The molecule has 3 aromatic rings. The maximum Gasteiger partial charge on any atom is 0.393 e. The van der Waals surface area contributed by atoms with E-state index in [2.05, 4.69) is 15.7 Å². The molecule has 2 aliphatic heterocycles. The predicted molar refractivity (Wildman–Crippen MR) is 158 cm³/mol. The standard InChI is InChI=1S/C30H38F5N9O3/c1-2-43-23(6-9-37-43)27(46)39-24(18-4-7-29(31,32)8-5-18)22-17-44-28(38-22)40-25(42-10-3-12-47-13-11-42)21(41-44)15-19-14-20(30(33,34)35)16-36-26(19)45/h6,9,17-20,24H,2-5,7-8,10-16H2,1H3,(H,36,45)(H,39,46)/t19-,20-,24+/m1/s1. The largest absolute Gasteiger partial charge is 0.393 e. The molecule has 0 radical (unpaired) electrons. The number of imidazole rings is 1. The molecule has 2 N–H and O–H groups in total. The zero-order chi connectivity index (χ0) is 33.3. The summed E-state index contributed by atoms with van der Waals surface area (Å²) >= 11 is 0. The summed E-state index contributed by atoms with van der Waals surface area (Å²) in [5, 5.41) is 14.3. The van der Waals surface area contributed by atoms with Crippen LogP contribution in [0, 0.1) is 17.8 Å². The van der Waals surface area contributed by atoms with E-state index in [1.165, 1.54) is 15.4 Å². The number of ether oxygens (including phenoxy) is 1. The molecule has 17 heteroatoms. The molecule has 1 aliphatic carbocycles. The predicted octanol–water partition coefficient (Wildman–Crippen LogP) is 3.72. The molecule has 256 valence electrons. The number of carbonyl (C=O) groups excluding carboxylic acids is 2. The average molecular weight is 668 g/mol. The molecule has 6 rings (SSSR count). The maximum atomic E-state index is 14.2. The molecule has 5 heterocycles. The number of nitrogens with zero attached hydrogens (tertiary/aromatic N) is 7. The first kappa shape index (κ1) is 33.0. The van der Waals surface area contributed by atoms with Gasteiger partial charge >= 0.3 is 6.18 Å². The summed E-state index contributed by atoms with van der Waals surface area (Å²) in [5.74, 6) is -6.14. The summed E-state index contributed by atoms with van der Waals surface area (Å²) in [4.78, 5) is 37.6. The van der Waals surface area contributed by atoms with E-state index < -0.39 is 48.3 Å². The highest BCUT2D eigenvalue weighted by Crippen LogP contribution is 2.41. The van der Waals surface area contributed by atoms with Crippen LogP contribution < -0.4 is 15.5 Å². The first-order valence-corrected chi connectivity index (χ1v) is 16.1. The van der Waals surface area contributed by atoms with Crippen LogP contribution in [0.4, 0.5) is 27.8 Å². The lowest BCUT2D eigenvalue weighted by Gasteiger charge is -2.33. The molecule has 2 amide bonds. The van der Waals surface area contributed by atoms with E-state index >= 15 is 0 Å². The number of halogens is 5. The second-order valence-electron chi connectivity index (χ2n) is 12.5. The van der Waals surface area contributed by atoms with Gasteiger partial charge in [-0.3, -0.25) is 14.3 Å². The number of carbonyl (C=O) groups is 2. The Labute approximate surface area is 267 Å². The summed E-state index contributed by atoms with van der Waals surface area (Å²) in [6.07, 6.45) is -1.50. The number of rotatable bonds is 8. The fourth-order valence-corrected chi connectivity index (χ4v) is 6.74. The van der Waals surface area contributed by atoms with Crippen molar-refractivity contribution in [2.24, 2.45) is 17.8 Å². The third-order valence-corrected chi connectivity index (χ3v) is 9.36. The number of aryl methyl sites for hydroxylation is 1. The number of aromatic nitrogens is 6. The number of amides is 2. The highest BCUT2D eigenvalue weighted by molar-refractivity contribution is 5.92. The fraction of sp³-hybridized carbons (Fsp3) is 0.667. The second kappa shape index (κ2) is 13.3. The van der Waals surface area contributed by atoms with E-state index in [4.69, 9.17) is 19.8 Å². The normalized spacial score (nSPS) is 23.4. The molecule has 0 aromatic carbocycles. The van der Waals surface area contributed by atoms with Gasteiger partial charge in [-0.15, -0.1) is 0 Å². The van der Waals surface area contributed by atoms with E-state index in [1.807, 2.05) is 11.8 Å². The van der Waals surface area contributed by atoms with Gasteiger partial charge in [-0.1, -0.05) is 0 Å². The summed E-state index contributed by atoms with van der Waals surface area (Å²) in [6.45, 7) is 3.77. The van der Waals surface area contributed by atoms with Crippen LogP contribution in [-0.4, -0.2) is 86.1 Å². The maximum absolute atomic E-state index is 14.2. The number of piperidine rings is 1. The number of fused-ring (bicyclic) bond motifs is 1. The molecule has 0 unspecified atom stereocenters. The smallest absolute Gasteiger partial charge is 0.380 e. The number of hydrogen-bond donors (Lipinski definition) is 2. The van der Waals surface area contributed by atoms with E-state index in [9.17, 15) is 31.5 Å². The molecular formula is C30H38F5N9O3. The Morgan fingerprint density at radius 2 is 1.98 bits per heavy atom.